The van der Waals surface area contributed by atoms with E-state index in [0.717, 1.165) is 22.9 Å². The highest BCUT2D eigenvalue weighted by Crippen LogP contribution is 2.29. The number of carbonyl (C=O) groups is 3. The Kier molecular flexibility index (Phi) is 6.26. The maximum atomic E-state index is 11.7. The summed E-state index contributed by atoms with van der Waals surface area (Å²) < 4.78 is 10.5. The van der Waals surface area contributed by atoms with Gasteiger partial charge in [0, 0.05) is 6.42 Å². The van der Waals surface area contributed by atoms with Gasteiger partial charge in [-0.05, 0) is 41.8 Å². The maximum Gasteiger partial charge on any atom is 0.294 e. The molecule has 7 heteroatoms. The summed E-state index contributed by atoms with van der Waals surface area (Å²) in [6.07, 6.45) is 0.349. The molecule has 6 nitrogen and oxygen atoms in total. The molecule has 0 radical (unpaired) electrons. The smallest absolute Gasteiger partial charge is 0.294 e. The van der Waals surface area contributed by atoms with Gasteiger partial charge in [-0.1, -0.05) is 36.0 Å². The molecule has 0 spiro atoms. The van der Waals surface area contributed by atoms with Crippen LogP contribution in [0.3, 0.4) is 0 Å². The summed E-state index contributed by atoms with van der Waals surface area (Å²) in [4.78, 5) is 33.3. The number of hydrogen-bond donors (Lipinski definition) is 1. The lowest BCUT2D eigenvalue weighted by atomic mass is 10.1. The van der Waals surface area contributed by atoms with Gasteiger partial charge in [0.15, 0.2) is 17.1 Å². The third kappa shape index (κ3) is 5.42. The molecule has 140 valence electrons. The van der Waals surface area contributed by atoms with E-state index in [9.17, 15) is 14.4 Å². The summed E-state index contributed by atoms with van der Waals surface area (Å²) in [6, 6.07) is 14.8. The summed E-state index contributed by atoms with van der Waals surface area (Å²) in [6.45, 7) is 0.338. The maximum absolute atomic E-state index is 11.7. The van der Waals surface area contributed by atoms with Crippen LogP contribution in [0.2, 0.25) is 0 Å². The minimum Gasteiger partial charge on any atom is -0.457 e. The summed E-state index contributed by atoms with van der Waals surface area (Å²) in [5.74, 6) is 1.35. The first-order chi connectivity index (χ1) is 13.0. The molecule has 3 rings (SSSR count). The van der Waals surface area contributed by atoms with Crippen molar-refractivity contribution >= 4 is 29.1 Å². The summed E-state index contributed by atoms with van der Waals surface area (Å²) in [5, 5.41) is -0.321. The van der Waals surface area contributed by atoms with E-state index in [1.54, 1.807) is 0 Å². The lowest BCUT2D eigenvalue weighted by molar-refractivity contribution is -0.133. The van der Waals surface area contributed by atoms with Gasteiger partial charge in [-0.3, -0.25) is 20.1 Å². The SMILES string of the molecule is N[C@@H](Cc1ccc(Oc2ccc(CC3SC(=O)CC3=O)cc2)cc1)OC=O. The predicted molar refractivity (Wildman–Crippen MR) is 102 cm³/mol. The first kappa shape index (κ1) is 19.1. The molecule has 2 aromatic rings. The zero-order chi connectivity index (χ0) is 19.2. The van der Waals surface area contributed by atoms with Gasteiger partial charge in [-0.15, -0.1) is 0 Å². The highest BCUT2D eigenvalue weighted by Gasteiger charge is 2.31. The van der Waals surface area contributed by atoms with E-state index in [2.05, 4.69) is 4.74 Å². The van der Waals surface area contributed by atoms with E-state index in [1.165, 1.54) is 0 Å². The minimum atomic E-state index is -0.665. The third-order valence-electron chi connectivity index (χ3n) is 4.12. The molecule has 1 aliphatic rings. The Balaban J connectivity index is 1.55. The number of nitrogens with two attached hydrogens (primary N) is 1. The van der Waals surface area contributed by atoms with Gasteiger partial charge in [0.2, 0.25) is 0 Å². The fourth-order valence-electron chi connectivity index (χ4n) is 2.77. The number of ether oxygens (including phenoxy) is 2. The Bertz CT molecular complexity index is 819. The van der Waals surface area contributed by atoms with E-state index in [0.29, 0.717) is 30.8 Å². The number of hydrogen-bond acceptors (Lipinski definition) is 7. The lowest BCUT2D eigenvalue weighted by Gasteiger charge is -2.11. The second-order valence-electron chi connectivity index (χ2n) is 6.19. The largest absolute Gasteiger partial charge is 0.457 e. The van der Waals surface area contributed by atoms with Crippen LogP contribution in [0.15, 0.2) is 48.5 Å². The molecular weight excluding hydrogens is 366 g/mol. The predicted octanol–water partition coefficient (Wildman–Crippen LogP) is 2.62. The molecule has 1 unspecified atom stereocenters. The first-order valence-corrected chi connectivity index (χ1v) is 9.34. The summed E-state index contributed by atoms with van der Waals surface area (Å²) in [7, 11) is 0. The van der Waals surface area contributed by atoms with Gasteiger partial charge < -0.3 is 9.47 Å². The average molecular weight is 385 g/mol. The second kappa shape index (κ2) is 8.83. The number of benzene rings is 2. The van der Waals surface area contributed by atoms with Gasteiger partial charge in [-0.25, -0.2) is 0 Å². The standard InChI is InChI=1S/C20H19NO5S/c21-19(25-12-22)10-14-3-7-16(8-4-14)26-15-5-1-13(2-6-15)9-18-17(23)11-20(24)27-18/h1-8,12,18-19H,9-11,21H2/t18?,19-/m1/s1. The van der Waals surface area contributed by atoms with Crippen LogP contribution in [0.5, 0.6) is 11.5 Å². The van der Waals surface area contributed by atoms with E-state index in [1.807, 2.05) is 48.5 Å². The molecule has 0 bridgehead atoms. The molecule has 0 aromatic heterocycles. The summed E-state index contributed by atoms with van der Waals surface area (Å²) >= 11 is 1.13. The Morgan fingerprint density at radius 3 is 2.15 bits per heavy atom. The van der Waals surface area contributed by atoms with Crippen molar-refractivity contribution in [2.24, 2.45) is 5.73 Å². The fraction of sp³-hybridized carbons (Fsp3) is 0.250. The van der Waals surface area contributed by atoms with Crippen LogP contribution in [-0.2, 0) is 32.0 Å². The van der Waals surface area contributed by atoms with Gasteiger partial charge in [-0.2, -0.15) is 0 Å². The van der Waals surface area contributed by atoms with E-state index in [-0.39, 0.29) is 22.6 Å². The molecule has 1 saturated heterocycles. The quantitative estimate of drug-likeness (QED) is 0.424. The van der Waals surface area contributed by atoms with Crippen LogP contribution >= 0.6 is 11.8 Å². The fourth-order valence-corrected chi connectivity index (χ4v) is 3.80. The van der Waals surface area contributed by atoms with Crippen LogP contribution < -0.4 is 10.5 Å². The Morgan fingerprint density at radius 2 is 1.63 bits per heavy atom. The highest BCUT2D eigenvalue weighted by atomic mass is 32.2. The average Bonchev–Trinajstić information content (AvgIpc) is 2.95. The van der Waals surface area contributed by atoms with Crippen LogP contribution in [0.1, 0.15) is 17.5 Å². The molecule has 1 heterocycles. The molecule has 27 heavy (non-hydrogen) atoms. The van der Waals surface area contributed by atoms with E-state index in [4.69, 9.17) is 10.5 Å². The van der Waals surface area contributed by atoms with E-state index >= 15 is 0 Å². The molecule has 2 atom stereocenters. The number of carbonyl (C=O) groups excluding carboxylic acids is 3. The zero-order valence-electron chi connectivity index (χ0n) is 14.5. The molecular formula is C20H19NO5S. The topological polar surface area (TPSA) is 95.7 Å². The van der Waals surface area contributed by atoms with Gasteiger partial charge in [0.25, 0.3) is 6.47 Å². The Morgan fingerprint density at radius 1 is 1.04 bits per heavy atom. The highest BCUT2D eigenvalue weighted by molar-refractivity contribution is 8.15. The van der Waals surface area contributed by atoms with Gasteiger partial charge in [0.05, 0.1) is 11.7 Å². The molecule has 2 N–H and O–H groups in total. The van der Waals surface area contributed by atoms with Crippen molar-refractivity contribution in [2.75, 3.05) is 0 Å². The molecule has 1 fully saturated rings. The number of rotatable bonds is 8. The van der Waals surface area contributed by atoms with Crippen molar-refractivity contribution < 1.29 is 23.9 Å². The minimum absolute atomic E-state index is 0.00340. The van der Waals surface area contributed by atoms with Crippen LogP contribution in [0.25, 0.3) is 0 Å². The monoisotopic (exact) mass is 385 g/mol. The van der Waals surface area contributed by atoms with Crippen molar-refractivity contribution in [3.63, 3.8) is 0 Å². The van der Waals surface area contributed by atoms with Crippen LogP contribution in [0, 0.1) is 0 Å². The van der Waals surface area contributed by atoms with E-state index < -0.39 is 6.23 Å². The molecule has 0 aliphatic carbocycles. The Labute approximate surface area is 161 Å². The molecule has 0 saturated carbocycles. The lowest BCUT2D eigenvalue weighted by Crippen LogP contribution is -2.25. The van der Waals surface area contributed by atoms with Crippen molar-refractivity contribution in [1.29, 1.82) is 0 Å². The van der Waals surface area contributed by atoms with Crippen molar-refractivity contribution in [1.82, 2.24) is 0 Å². The normalized spacial score (nSPS) is 17.6. The Hall–Kier alpha value is -2.64. The van der Waals surface area contributed by atoms with Gasteiger partial charge in [0.1, 0.15) is 11.5 Å². The summed E-state index contributed by atoms with van der Waals surface area (Å²) in [5.41, 5.74) is 7.56. The molecule has 0 amide bonds. The number of ketones is 1. The van der Waals surface area contributed by atoms with Crippen molar-refractivity contribution in [2.45, 2.75) is 30.7 Å². The van der Waals surface area contributed by atoms with Crippen LogP contribution in [-0.4, -0.2) is 28.8 Å². The number of Topliss-reactive ketones (excluding diaryl/α,β-unsaturated/α-hetero) is 1. The van der Waals surface area contributed by atoms with Gasteiger partial charge >= 0.3 is 0 Å². The zero-order valence-corrected chi connectivity index (χ0v) is 15.3. The molecule has 1 aliphatic heterocycles. The van der Waals surface area contributed by atoms with Crippen molar-refractivity contribution in [3.8, 4) is 11.5 Å². The van der Waals surface area contributed by atoms with Crippen LogP contribution in [0.4, 0.5) is 0 Å². The third-order valence-corrected chi connectivity index (χ3v) is 5.24. The molecule has 2 aromatic carbocycles. The second-order valence-corrected chi connectivity index (χ2v) is 7.45. The first-order valence-electron chi connectivity index (χ1n) is 8.46. The van der Waals surface area contributed by atoms with Crippen molar-refractivity contribution in [3.05, 3.63) is 59.7 Å². The number of thioether (sulfide) groups is 1.